The van der Waals surface area contributed by atoms with Crippen molar-refractivity contribution in [2.24, 2.45) is 7.05 Å². The van der Waals surface area contributed by atoms with E-state index in [1.807, 2.05) is 0 Å². The first-order valence-corrected chi connectivity index (χ1v) is 10.1. The molecule has 0 unspecified atom stereocenters. The highest BCUT2D eigenvalue weighted by atomic mass is 16.3. The van der Waals surface area contributed by atoms with E-state index >= 15 is 0 Å². The zero-order valence-corrected chi connectivity index (χ0v) is 15.7. The Kier molecular flexibility index (Phi) is 3.19. The summed E-state index contributed by atoms with van der Waals surface area (Å²) in [5, 5.41) is 5.16. The predicted molar refractivity (Wildman–Crippen MR) is 114 cm³/mol. The van der Waals surface area contributed by atoms with Crippen molar-refractivity contribution in [3.05, 3.63) is 60.2 Å². The van der Waals surface area contributed by atoms with Gasteiger partial charge in [-0.05, 0) is 42.5 Å². The van der Waals surface area contributed by atoms with E-state index < -0.39 is 0 Å². The van der Waals surface area contributed by atoms with Gasteiger partial charge in [-0.2, -0.15) is 0 Å². The zero-order chi connectivity index (χ0) is 18.0. The van der Waals surface area contributed by atoms with Crippen LogP contribution < -0.4 is 0 Å². The Morgan fingerprint density at radius 1 is 0.815 bits per heavy atom. The second-order valence-electron chi connectivity index (χ2n) is 8.07. The van der Waals surface area contributed by atoms with Gasteiger partial charge in [0.2, 0.25) is 0 Å². The lowest BCUT2D eigenvalue weighted by Gasteiger charge is -2.23. The molecule has 0 N–H and O–H groups in total. The second kappa shape index (κ2) is 5.63. The number of fused-ring (bicyclic) bond motifs is 7. The number of benzene rings is 3. The molecule has 3 aromatic carbocycles. The molecule has 1 aliphatic rings. The number of hydrogen-bond donors (Lipinski definition) is 0. The summed E-state index contributed by atoms with van der Waals surface area (Å²) >= 11 is 0. The Morgan fingerprint density at radius 2 is 1.56 bits per heavy atom. The first kappa shape index (κ1) is 15.3. The maximum absolute atomic E-state index is 6.51. The standard InChI is InChI=1S/C25H23NO/c1-26-20-13-7-5-11-17(20)24-21(26)15-19(16-9-3-2-4-10-16)23-18-12-6-8-14-22(18)27-25(23)24/h5-8,11-16H,2-4,9-10H2,1H3. The van der Waals surface area contributed by atoms with Gasteiger partial charge in [0.25, 0.3) is 0 Å². The van der Waals surface area contributed by atoms with Gasteiger partial charge in [0.15, 0.2) is 0 Å². The van der Waals surface area contributed by atoms with Gasteiger partial charge >= 0.3 is 0 Å². The molecule has 6 rings (SSSR count). The van der Waals surface area contributed by atoms with E-state index in [0.29, 0.717) is 5.92 Å². The van der Waals surface area contributed by atoms with Gasteiger partial charge in [0.05, 0.1) is 10.9 Å². The van der Waals surface area contributed by atoms with Crippen LogP contribution in [0.15, 0.2) is 59.0 Å². The van der Waals surface area contributed by atoms with Crippen molar-refractivity contribution in [3.63, 3.8) is 0 Å². The molecule has 1 aliphatic carbocycles. The van der Waals surface area contributed by atoms with Crippen molar-refractivity contribution in [1.82, 2.24) is 4.57 Å². The number of para-hydroxylation sites is 2. The summed E-state index contributed by atoms with van der Waals surface area (Å²) in [6.45, 7) is 0. The van der Waals surface area contributed by atoms with Crippen LogP contribution in [0, 0.1) is 0 Å². The Labute approximate surface area is 158 Å². The van der Waals surface area contributed by atoms with Gasteiger partial charge in [0, 0.05) is 28.7 Å². The lowest BCUT2D eigenvalue weighted by molar-refractivity contribution is 0.445. The van der Waals surface area contributed by atoms with E-state index in [-0.39, 0.29) is 0 Å². The molecule has 5 aromatic rings. The number of aryl methyl sites for hydroxylation is 1. The molecule has 134 valence electrons. The first-order valence-electron chi connectivity index (χ1n) is 10.1. The number of hydrogen-bond acceptors (Lipinski definition) is 1. The van der Waals surface area contributed by atoms with Crippen LogP contribution in [0.4, 0.5) is 0 Å². The topological polar surface area (TPSA) is 18.1 Å². The van der Waals surface area contributed by atoms with Crippen molar-refractivity contribution in [2.75, 3.05) is 0 Å². The van der Waals surface area contributed by atoms with E-state index in [1.165, 1.54) is 70.2 Å². The molecule has 0 bridgehead atoms. The van der Waals surface area contributed by atoms with E-state index in [1.54, 1.807) is 0 Å². The van der Waals surface area contributed by atoms with Crippen molar-refractivity contribution < 1.29 is 4.42 Å². The molecule has 0 radical (unpaired) electrons. The lowest BCUT2D eigenvalue weighted by Crippen LogP contribution is -2.05. The van der Waals surface area contributed by atoms with Crippen LogP contribution in [0.3, 0.4) is 0 Å². The minimum atomic E-state index is 0.643. The molecule has 0 spiro atoms. The number of aromatic nitrogens is 1. The Hall–Kier alpha value is -2.74. The predicted octanol–water partition coefficient (Wildman–Crippen LogP) is 7.28. The summed E-state index contributed by atoms with van der Waals surface area (Å²) in [6, 6.07) is 19.7. The largest absolute Gasteiger partial charge is 0.455 e. The second-order valence-corrected chi connectivity index (χ2v) is 8.07. The molecule has 27 heavy (non-hydrogen) atoms. The fourth-order valence-corrected chi connectivity index (χ4v) is 5.28. The monoisotopic (exact) mass is 353 g/mol. The first-order chi connectivity index (χ1) is 13.3. The molecular weight excluding hydrogens is 330 g/mol. The molecule has 2 heteroatoms. The van der Waals surface area contributed by atoms with Gasteiger partial charge in [-0.1, -0.05) is 55.7 Å². The minimum Gasteiger partial charge on any atom is -0.455 e. The molecule has 1 fully saturated rings. The van der Waals surface area contributed by atoms with E-state index in [2.05, 4.69) is 66.2 Å². The summed E-state index contributed by atoms with van der Waals surface area (Å²) in [4.78, 5) is 0. The maximum atomic E-state index is 6.51. The summed E-state index contributed by atoms with van der Waals surface area (Å²) in [6.07, 6.45) is 6.65. The molecule has 0 saturated heterocycles. The quantitative estimate of drug-likeness (QED) is 0.310. The van der Waals surface area contributed by atoms with Gasteiger partial charge in [0.1, 0.15) is 11.2 Å². The lowest BCUT2D eigenvalue weighted by atomic mass is 9.82. The highest BCUT2D eigenvalue weighted by Gasteiger charge is 2.24. The number of furan rings is 1. The number of rotatable bonds is 1. The van der Waals surface area contributed by atoms with Gasteiger partial charge in [-0.15, -0.1) is 0 Å². The van der Waals surface area contributed by atoms with E-state index in [9.17, 15) is 0 Å². The Balaban J connectivity index is 1.84. The Morgan fingerprint density at radius 3 is 2.41 bits per heavy atom. The summed E-state index contributed by atoms with van der Waals surface area (Å²) in [5.74, 6) is 0.643. The van der Waals surface area contributed by atoms with E-state index in [4.69, 9.17) is 4.42 Å². The van der Waals surface area contributed by atoms with Crippen molar-refractivity contribution in [3.8, 4) is 0 Å². The minimum absolute atomic E-state index is 0.643. The van der Waals surface area contributed by atoms with Gasteiger partial charge in [-0.25, -0.2) is 0 Å². The summed E-state index contributed by atoms with van der Waals surface area (Å²) < 4.78 is 8.84. The van der Waals surface area contributed by atoms with Crippen molar-refractivity contribution >= 4 is 43.7 Å². The normalized spacial score (nSPS) is 16.2. The highest BCUT2D eigenvalue weighted by molar-refractivity contribution is 6.24. The fraction of sp³-hybridized carbons (Fsp3) is 0.280. The smallest absolute Gasteiger partial charge is 0.145 e. The molecule has 2 nitrogen and oxygen atoms in total. The third kappa shape index (κ3) is 2.07. The van der Waals surface area contributed by atoms with Crippen LogP contribution in [-0.2, 0) is 7.05 Å². The third-order valence-corrected chi connectivity index (χ3v) is 6.60. The van der Waals surface area contributed by atoms with Crippen LogP contribution >= 0.6 is 0 Å². The van der Waals surface area contributed by atoms with Crippen LogP contribution in [0.5, 0.6) is 0 Å². The third-order valence-electron chi connectivity index (χ3n) is 6.60. The zero-order valence-electron chi connectivity index (χ0n) is 15.7. The molecule has 0 aliphatic heterocycles. The highest BCUT2D eigenvalue weighted by Crippen LogP contribution is 2.45. The molecule has 2 heterocycles. The van der Waals surface area contributed by atoms with Crippen LogP contribution in [0.1, 0.15) is 43.6 Å². The molecule has 2 aromatic heterocycles. The Bertz CT molecular complexity index is 1310. The molecular formula is C25H23NO. The average Bonchev–Trinajstić information content (AvgIpc) is 3.25. The fourth-order valence-electron chi connectivity index (χ4n) is 5.28. The van der Waals surface area contributed by atoms with Crippen LogP contribution in [0.25, 0.3) is 43.7 Å². The summed E-state index contributed by atoms with van der Waals surface area (Å²) in [5.41, 5.74) is 6.14. The van der Waals surface area contributed by atoms with Crippen LogP contribution in [-0.4, -0.2) is 4.57 Å². The SMILES string of the molecule is Cn1c2ccccc2c2c3oc4ccccc4c3c(C3CCCCC3)cc21. The number of nitrogens with zero attached hydrogens (tertiary/aromatic N) is 1. The molecule has 1 saturated carbocycles. The van der Waals surface area contributed by atoms with Gasteiger partial charge in [-0.3, -0.25) is 0 Å². The molecule has 0 amide bonds. The molecule has 0 atom stereocenters. The maximum Gasteiger partial charge on any atom is 0.145 e. The average molecular weight is 353 g/mol. The van der Waals surface area contributed by atoms with Gasteiger partial charge < -0.3 is 8.98 Å². The van der Waals surface area contributed by atoms with Crippen molar-refractivity contribution in [1.29, 1.82) is 0 Å². The van der Waals surface area contributed by atoms with Crippen LogP contribution in [0.2, 0.25) is 0 Å². The van der Waals surface area contributed by atoms with Crippen molar-refractivity contribution in [2.45, 2.75) is 38.0 Å². The van der Waals surface area contributed by atoms with E-state index in [0.717, 1.165) is 11.2 Å². The summed E-state index contributed by atoms with van der Waals surface area (Å²) in [7, 11) is 2.18.